The van der Waals surface area contributed by atoms with Gasteiger partial charge in [0.25, 0.3) is 0 Å². The van der Waals surface area contributed by atoms with Crippen molar-refractivity contribution in [1.29, 1.82) is 0 Å². The lowest BCUT2D eigenvalue weighted by Crippen LogP contribution is -2.10. The quantitative estimate of drug-likeness (QED) is 0.817. The van der Waals surface area contributed by atoms with Crippen molar-refractivity contribution in [3.05, 3.63) is 28.0 Å². The maximum atomic E-state index is 13.2. The smallest absolute Gasteiger partial charge is 0.170 e. The summed E-state index contributed by atoms with van der Waals surface area (Å²) < 4.78 is 13.5. The van der Waals surface area contributed by atoms with Gasteiger partial charge in [-0.3, -0.25) is 4.79 Å². The molecule has 1 aromatic carbocycles. The molecule has 0 aliphatic carbocycles. The van der Waals surface area contributed by atoms with Crippen LogP contribution in [0.15, 0.2) is 16.6 Å². The summed E-state index contributed by atoms with van der Waals surface area (Å²) >= 11 is 3.00. The zero-order valence-corrected chi connectivity index (χ0v) is 8.84. The van der Waals surface area contributed by atoms with Gasteiger partial charge in [-0.2, -0.15) is 0 Å². The first-order chi connectivity index (χ1) is 6.57. The second-order valence-corrected chi connectivity index (χ2v) is 3.57. The SMILES string of the molecule is NCCC(=O)c1c(F)ccc(Br)c1O. The van der Waals surface area contributed by atoms with Gasteiger partial charge >= 0.3 is 0 Å². The van der Waals surface area contributed by atoms with E-state index in [1.54, 1.807) is 0 Å². The number of phenolic OH excluding ortho intramolecular Hbond substituents is 1. The van der Waals surface area contributed by atoms with E-state index >= 15 is 0 Å². The fourth-order valence-electron chi connectivity index (χ4n) is 1.06. The fraction of sp³-hybridized carbons (Fsp3) is 0.222. The number of rotatable bonds is 3. The number of carbonyl (C=O) groups is 1. The molecule has 1 aromatic rings. The topological polar surface area (TPSA) is 63.3 Å². The molecule has 0 fully saturated rings. The van der Waals surface area contributed by atoms with E-state index in [4.69, 9.17) is 5.73 Å². The molecule has 5 heteroatoms. The molecule has 3 nitrogen and oxygen atoms in total. The molecule has 0 aliphatic rings. The predicted molar refractivity (Wildman–Crippen MR) is 53.8 cm³/mol. The van der Waals surface area contributed by atoms with Crippen LogP contribution in [0.2, 0.25) is 0 Å². The molecule has 0 heterocycles. The van der Waals surface area contributed by atoms with Crippen molar-refractivity contribution in [1.82, 2.24) is 0 Å². The maximum absolute atomic E-state index is 13.2. The van der Waals surface area contributed by atoms with Crippen LogP contribution in [0.5, 0.6) is 5.75 Å². The van der Waals surface area contributed by atoms with Gasteiger partial charge < -0.3 is 10.8 Å². The van der Waals surface area contributed by atoms with Crippen molar-refractivity contribution in [2.75, 3.05) is 6.54 Å². The Balaban J connectivity index is 3.18. The van der Waals surface area contributed by atoms with E-state index < -0.39 is 11.6 Å². The van der Waals surface area contributed by atoms with Gasteiger partial charge in [0.05, 0.1) is 10.0 Å². The van der Waals surface area contributed by atoms with Gasteiger partial charge in [0.2, 0.25) is 0 Å². The van der Waals surface area contributed by atoms with E-state index in [0.717, 1.165) is 6.07 Å². The van der Waals surface area contributed by atoms with E-state index in [0.29, 0.717) is 4.47 Å². The Kier molecular flexibility index (Phi) is 3.60. The minimum absolute atomic E-state index is 0.0148. The average molecular weight is 262 g/mol. The van der Waals surface area contributed by atoms with Crippen molar-refractivity contribution in [3.8, 4) is 5.75 Å². The van der Waals surface area contributed by atoms with E-state index in [9.17, 15) is 14.3 Å². The highest BCUT2D eigenvalue weighted by atomic mass is 79.9. The van der Waals surface area contributed by atoms with E-state index in [2.05, 4.69) is 15.9 Å². The number of carbonyl (C=O) groups excluding carboxylic acids is 1. The number of nitrogens with two attached hydrogens (primary N) is 1. The van der Waals surface area contributed by atoms with E-state index in [1.165, 1.54) is 6.07 Å². The number of phenols is 1. The number of Topliss-reactive ketones (excluding diaryl/α,β-unsaturated/α-hetero) is 1. The van der Waals surface area contributed by atoms with E-state index in [1.807, 2.05) is 0 Å². The van der Waals surface area contributed by atoms with Gasteiger partial charge in [0.15, 0.2) is 5.78 Å². The first-order valence-corrected chi connectivity index (χ1v) is 4.77. The third kappa shape index (κ3) is 2.10. The largest absolute Gasteiger partial charge is 0.506 e. The Labute approximate surface area is 88.9 Å². The molecule has 14 heavy (non-hydrogen) atoms. The Hall–Kier alpha value is -0.940. The molecule has 3 N–H and O–H groups in total. The summed E-state index contributed by atoms with van der Waals surface area (Å²) in [5, 5.41) is 9.43. The third-order valence-corrected chi connectivity index (χ3v) is 2.37. The summed E-state index contributed by atoms with van der Waals surface area (Å²) in [7, 11) is 0. The van der Waals surface area contributed by atoms with Crippen LogP contribution in [-0.4, -0.2) is 17.4 Å². The fourth-order valence-corrected chi connectivity index (χ4v) is 1.39. The molecule has 0 aromatic heterocycles. The standard InChI is InChI=1S/C9H9BrFNO2/c10-5-1-2-6(11)8(9(5)14)7(13)3-4-12/h1-2,14H,3-4,12H2. The highest BCUT2D eigenvalue weighted by Crippen LogP contribution is 2.30. The summed E-state index contributed by atoms with van der Waals surface area (Å²) in [4.78, 5) is 11.3. The average Bonchev–Trinajstić information content (AvgIpc) is 2.13. The Morgan fingerprint density at radius 1 is 1.57 bits per heavy atom. The molecule has 0 spiro atoms. The second-order valence-electron chi connectivity index (χ2n) is 2.71. The number of benzene rings is 1. The van der Waals surface area contributed by atoms with Crippen LogP contribution < -0.4 is 5.73 Å². The second kappa shape index (κ2) is 4.52. The molecular weight excluding hydrogens is 253 g/mol. The normalized spacial score (nSPS) is 10.2. The van der Waals surface area contributed by atoms with Crippen LogP contribution in [-0.2, 0) is 0 Å². The van der Waals surface area contributed by atoms with Crippen LogP contribution in [0.25, 0.3) is 0 Å². The molecular formula is C9H9BrFNO2. The first kappa shape index (κ1) is 11.1. The number of halogens is 2. The molecule has 0 amide bonds. The van der Waals surface area contributed by atoms with Crippen molar-refractivity contribution in [3.63, 3.8) is 0 Å². The monoisotopic (exact) mass is 261 g/mol. The lowest BCUT2D eigenvalue weighted by Gasteiger charge is -2.05. The number of ketones is 1. The van der Waals surface area contributed by atoms with E-state index in [-0.39, 0.29) is 24.3 Å². The lowest BCUT2D eigenvalue weighted by molar-refractivity contribution is 0.0978. The van der Waals surface area contributed by atoms with Gasteiger partial charge in [0, 0.05) is 6.42 Å². The molecule has 0 aliphatic heterocycles. The zero-order valence-electron chi connectivity index (χ0n) is 7.26. The summed E-state index contributed by atoms with van der Waals surface area (Å²) in [6, 6.07) is 2.46. The molecule has 76 valence electrons. The number of aromatic hydroxyl groups is 1. The molecule has 0 bridgehead atoms. The Morgan fingerprint density at radius 2 is 2.21 bits per heavy atom. The van der Waals surface area contributed by atoms with Crippen molar-refractivity contribution < 1.29 is 14.3 Å². The lowest BCUT2D eigenvalue weighted by atomic mass is 10.1. The van der Waals surface area contributed by atoms with Gasteiger partial charge in [-0.15, -0.1) is 0 Å². The van der Waals surface area contributed by atoms with Crippen LogP contribution in [0.3, 0.4) is 0 Å². The predicted octanol–water partition coefficient (Wildman–Crippen LogP) is 1.83. The van der Waals surface area contributed by atoms with Gasteiger partial charge in [-0.25, -0.2) is 4.39 Å². The van der Waals surface area contributed by atoms with Crippen molar-refractivity contribution in [2.45, 2.75) is 6.42 Å². The summed E-state index contributed by atoms with van der Waals surface area (Å²) in [5.74, 6) is -1.60. The number of hydrogen-bond acceptors (Lipinski definition) is 3. The molecule has 0 atom stereocenters. The maximum Gasteiger partial charge on any atom is 0.170 e. The molecule has 0 saturated carbocycles. The Bertz CT molecular complexity index is 368. The highest BCUT2D eigenvalue weighted by molar-refractivity contribution is 9.10. The third-order valence-electron chi connectivity index (χ3n) is 1.73. The molecule has 0 saturated heterocycles. The van der Waals surface area contributed by atoms with Crippen LogP contribution in [0.1, 0.15) is 16.8 Å². The molecule has 0 unspecified atom stereocenters. The van der Waals surface area contributed by atoms with Crippen molar-refractivity contribution >= 4 is 21.7 Å². The van der Waals surface area contributed by atoms with Gasteiger partial charge in [-0.1, -0.05) is 0 Å². The minimum atomic E-state index is -0.732. The Morgan fingerprint density at radius 3 is 2.79 bits per heavy atom. The van der Waals surface area contributed by atoms with Crippen LogP contribution in [0.4, 0.5) is 4.39 Å². The highest BCUT2D eigenvalue weighted by Gasteiger charge is 2.17. The zero-order chi connectivity index (χ0) is 10.7. The summed E-state index contributed by atoms with van der Waals surface area (Å²) in [5.41, 5.74) is 4.87. The summed E-state index contributed by atoms with van der Waals surface area (Å²) in [6.07, 6.45) is 0.0148. The van der Waals surface area contributed by atoms with Crippen molar-refractivity contribution in [2.24, 2.45) is 5.73 Å². The number of hydrogen-bond donors (Lipinski definition) is 2. The van der Waals surface area contributed by atoms with Crippen LogP contribution in [0, 0.1) is 5.82 Å². The van der Waals surface area contributed by atoms with Crippen LogP contribution >= 0.6 is 15.9 Å². The first-order valence-electron chi connectivity index (χ1n) is 3.98. The summed E-state index contributed by atoms with van der Waals surface area (Å²) in [6.45, 7) is 0.129. The van der Waals surface area contributed by atoms with Gasteiger partial charge in [0.1, 0.15) is 11.6 Å². The minimum Gasteiger partial charge on any atom is -0.506 e. The molecule has 1 rings (SSSR count). The van der Waals surface area contributed by atoms with Gasteiger partial charge in [-0.05, 0) is 34.6 Å². The molecule has 0 radical (unpaired) electrons.